The minimum Gasteiger partial charge on any atom is -0.440 e. The van der Waals surface area contributed by atoms with Crippen molar-refractivity contribution in [3.8, 4) is 11.5 Å². The fourth-order valence-electron chi connectivity index (χ4n) is 0.944. The summed E-state index contributed by atoms with van der Waals surface area (Å²) in [5, 5.41) is 0. The quantitative estimate of drug-likeness (QED) is 0.685. The lowest BCUT2D eigenvalue weighted by Crippen LogP contribution is -1.88. The second kappa shape index (κ2) is 2.65. The highest BCUT2D eigenvalue weighted by molar-refractivity contribution is 5.63. The van der Waals surface area contributed by atoms with E-state index < -0.39 is 0 Å². The highest BCUT2D eigenvalue weighted by Crippen LogP contribution is 2.21. The Morgan fingerprint density at radius 1 is 1.25 bits per heavy atom. The first-order chi connectivity index (χ1) is 5.88. The summed E-state index contributed by atoms with van der Waals surface area (Å²) in [6, 6.07) is 5.51. The number of rotatable bonds is 1. The molecule has 0 amide bonds. The van der Waals surface area contributed by atoms with Crippen LogP contribution < -0.4 is 5.73 Å². The van der Waals surface area contributed by atoms with Crippen LogP contribution in [0.4, 0.5) is 5.82 Å². The Morgan fingerprint density at radius 3 is 2.75 bits per heavy atom. The van der Waals surface area contributed by atoms with Gasteiger partial charge in [-0.2, -0.15) is 4.98 Å². The van der Waals surface area contributed by atoms with Gasteiger partial charge in [0.1, 0.15) is 5.69 Å². The van der Waals surface area contributed by atoms with E-state index in [1.165, 1.54) is 6.39 Å². The molecule has 2 aromatic heterocycles. The van der Waals surface area contributed by atoms with Gasteiger partial charge in [0.2, 0.25) is 0 Å². The zero-order valence-electron chi connectivity index (χ0n) is 6.27. The zero-order valence-corrected chi connectivity index (χ0v) is 6.27. The van der Waals surface area contributed by atoms with Crippen molar-refractivity contribution in [1.82, 2.24) is 9.97 Å². The summed E-state index contributed by atoms with van der Waals surface area (Å²) in [5.41, 5.74) is 6.23. The van der Waals surface area contributed by atoms with E-state index in [2.05, 4.69) is 9.97 Å². The number of anilines is 1. The third-order valence-electron chi connectivity index (χ3n) is 1.49. The summed E-state index contributed by atoms with van der Waals surface area (Å²) < 4.78 is 5.05. The molecule has 0 aliphatic rings. The molecule has 0 radical (unpaired) electrons. The number of aromatic nitrogens is 2. The van der Waals surface area contributed by atoms with Crippen molar-refractivity contribution in [1.29, 1.82) is 0 Å². The summed E-state index contributed by atoms with van der Waals surface area (Å²) in [7, 11) is 0. The standard InChI is InChI=1S/C8H7N3O/c9-8-7(12-5-11-8)6-3-1-2-4-10-6/h1-5H,9H2. The minimum absolute atomic E-state index is 0.369. The molecule has 2 N–H and O–H groups in total. The van der Waals surface area contributed by atoms with Crippen molar-refractivity contribution in [2.45, 2.75) is 0 Å². The van der Waals surface area contributed by atoms with Crippen LogP contribution in [0.25, 0.3) is 11.5 Å². The predicted octanol–water partition coefficient (Wildman–Crippen LogP) is 1.32. The second-order valence-corrected chi connectivity index (χ2v) is 2.28. The monoisotopic (exact) mass is 161 g/mol. The Morgan fingerprint density at radius 2 is 2.17 bits per heavy atom. The number of pyridine rings is 1. The average molecular weight is 161 g/mol. The van der Waals surface area contributed by atoms with Gasteiger partial charge in [-0.25, -0.2) is 0 Å². The molecule has 4 heteroatoms. The zero-order chi connectivity index (χ0) is 8.39. The van der Waals surface area contributed by atoms with Crippen molar-refractivity contribution in [3.05, 3.63) is 30.8 Å². The Bertz CT molecular complexity index is 369. The molecular formula is C8H7N3O. The molecule has 0 aliphatic carbocycles. The first kappa shape index (κ1) is 6.84. The molecule has 2 heterocycles. The predicted molar refractivity (Wildman–Crippen MR) is 44.1 cm³/mol. The number of hydrogen-bond acceptors (Lipinski definition) is 4. The molecule has 0 saturated heterocycles. The van der Waals surface area contributed by atoms with Gasteiger partial charge >= 0.3 is 0 Å². The summed E-state index contributed by atoms with van der Waals surface area (Å²) >= 11 is 0. The van der Waals surface area contributed by atoms with Crippen molar-refractivity contribution >= 4 is 5.82 Å². The van der Waals surface area contributed by atoms with E-state index in [0.29, 0.717) is 17.3 Å². The van der Waals surface area contributed by atoms with E-state index in [1.807, 2.05) is 18.2 Å². The molecule has 12 heavy (non-hydrogen) atoms. The lowest BCUT2D eigenvalue weighted by molar-refractivity contribution is 0.570. The molecular weight excluding hydrogens is 154 g/mol. The molecule has 0 fully saturated rings. The molecule has 2 aromatic rings. The molecule has 60 valence electrons. The van der Waals surface area contributed by atoms with E-state index in [-0.39, 0.29) is 0 Å². The molecule has 0 aromatic carbocycles. The van der Waals surface area contributed by atoms with Crippen LogP contribution in [-0.2, 0) is 0 Å². The van der Waals surface area contributed by atoms with Crippen LogP contribution in [0.2, 0.25) is 0 Å². The van der Waals surface area contributed by atoms with Gasteiger partial charge < -0.3 is 10.2 Å². The Balaban J connectivity index is 2.51. The molecule has 0 bridgehead atoms. The second-order valence-electron chi connectivity index (χ2n) is 2.28. The van der Waals surface area contributed by atoms with E-state index >= 15 is 0 Å². The van der Waals surface area contributed by atoms with Crippen molar-refractivity contribution in [2.24, 2.45) is 0 Å². The molecule has 0 spiro atoms. The van der Waals surface area contributed by atoms with Gasteiger partial charge in [0, 0.05) is 6.20 Å². The lowest BCUT2D eigenvalue weighted by atomic mass is 10.3. The van der Waals surface area contributed by atoms with Gasteiger partial charge in [0.25, 0.3) is 0 Å². The average Bonchev–Trinajstić information content (AvgIpc) is 2.53. The van der Waals surface area contributed by atoms with Crippen LogP contribution in [0.15, 0.2) is 35.2 Å². The summed E-state index contributed by atoms with van der Waals surface area (Å²) in [6.45, 7) is 0. The first-order valence-electron chi connectivity index (χ1n) is 3.48. The van der Waals surface area contributed by atoms with Crippen LogP contribution in [0, 0.1) is 0 Å². The summed E-state index contributed by atoms with van der Waals surface area (Å²) in [4.78, 5) is 7.83. The molecule has 4 nitrogen and oxygen atoms in total. The number of oxazole rings is 1. The Kier molecular flexibility index (Phi) is 1.51. The Labute approximate surface area is 69.1 Å². The third-order valence-corrected chi connectivity index (χ3v) is 1.49. The topological polar surface area (TPSA) is 64.9 Å². The molecule has 0 unspecified atom stereocenters. The van der Waals surface area contributed by atoms with E-state index in [1.54, 1.807) is 6.20 Å². The number of nitrogens with two attached hydrogens (primary N) is 1. The maximum Gasteiger partial charge on any atom is 0.196 e. The van der Waals surface area contributed by atoms with Crippen LogP contribution >= 0.6 is 0 Å². The normalized spacial score (nSPS) is 10.0. The van der Waals surface area contributed by atoms with Gasteiger partial charge in [-0.15, -0.1) is 0 Å². The van der Waals surface area contributed by atoms with Crippen LogP contribution in [0.5, 0.6) is 0 Å². The Hall–Kier alpha value is -1.84. The van der Waals surface area contributed by atoms with Crippen molar-refractivity contribution in [2.75, 3.05) is 5.73 Å². The van der Waals surface area contributed by atoms with Gasteiger partial charge in [0.15, 0.2) is 18.0 Å². The first-order valence-corrected chi connectivity index (χ1v) is 3.48. The largest absolute Gasteiger partial charge is 0.440 e. The van der Waals surface area contributed by atoms with Crippen LogP contribution in [0.3, 0.4) is 0 Å². The smallest absolute Gasteiger partial charge is 0.196 e. The number of nitrogen functional groups attached to an aromatic ring is 1. The highest BCUT2D eigenvalue weighted by Gasteiger charge is 2.06. The van der Waals surface area contributed by atoms with Gasteiger partial charge in [-0.3, -0.25) is 4.98 Å². The molecule has 0 aliphatic heterocycles. The summed E-state index contributed by atoms with van der Waals surface area (Å²) in [6.07, 6.45) is 2.98. The minimum atomic E-state index is 0.369. The van der Waals surface area contributed by atoms with Crippen LogP contribution in [-0.4, -0.2) is 9.97 Å². The SMILES string of the molecule is Nc1ncoc1-c1ccccn1. The molecule has 2 rings (SSSR count). The molecule has 0 saturated carbocycles. The van der Waals surface area contributed by atoms with Crippen LogP contribution in [0.1, 0.15) is 0 Å². The van der Waals surface area contributed by atoms with Gasteiger partial charge in [0.05, 0.1) is 0 Å². The van der Waals surface area contributed by atoms with Gasteiger partial charge in [-0.05, 0) is 12.1 Å². The molecule has 0 atom stereocenters. The maximum atomic E-state index is 5.53. The summed E-state index contributed by atoms with van der Waals surface area (Å²) in [5.74, 6) is 0.893. The number of nitrogens with zero attached hydrogens (tertiary/aromatic N) is 2. The highest BCUT2D eigenvalue weighted by atomic mass is 16.3. The third kappa shape index (κ3) is 1.03. The van der Waals surface area contributed by atoms with E-state index in [4.69, 9.17) is 10.2 Å². The maximum absolute atomic E-state index is 5.53. The van der Waals surface area contributed by atoms with Crippen molar-refractivity contribution < 1.29 is 4.42 Å². The van der Waals surface area contributed by atoms with Gasteiger partial charge in [-0.1, -0.05) is 6.07 Å². The fourth-order valence-corrected chi connectivity index (χ4v) is 0.944. The van der Waals surface area contributed by atoms with E-state index in [0.717, 1.165) is 0 Å². The fraction of sp³-hybridized carbons (Fsp3) is 0. The van der Waals surface area contributed by atoms with E-state index in [9.17, 15) is 0 Å². The number of hydrogen-bond donors (Lipinski definition) is 1. The lowest BCUT2D eigenvalue weighted by Gasteiger charge is -1.93. The van der Waals surface area contributed by atoms with Crippen molar-refractivity contribution in [3.63, 3.8) is 0 Å².